The Bertz CT molecular complexity index is 1160. The normalized spacial score (nSPS) is 16.3. The molecule has 2 heterocycles. The zero-order valence-corrected chi connectivity index (χ0v) is 19.8. The van der Waals surface area contributed by atoms with Gasteiger partial charge in [0.25, 0.3) is 5.89 Å². The number of ether oxygens (including phenoxy) is 1. The van der Waals surface area contributed by atoms with Crippen LogP contribution >= 0.6 is 12.2 Å². The molecule has 0 bridgehead atoms. The highest BCUT2D eigenvalue weighted by atomic mass is 32.1. The number of allylic oxidation sites excluding steroid dienone is 1. The molecule has 1 atom stereocenters. The SMILES string of the molecule is CCc1ccc(-c2noc(C3=C(C)N(CCCOC)C(=S)NC3c3cccc(F)c3)n2)cc1. The van der Waals surface area contributed by atoms with Gasteiger partial charge in [0.2, 0.25) is 5.82 Å². The molecule has 0 aliphatic carbocycles. The van der Waals surface area contributed by atoms with Gasteiger partial charge < -0.3 is 19.5 Å². The van der Waals surface area contributed by atoms with Crippen LogP contribution in [0.2, 0.25) is 0 Å². The van der Waals surface area contributed by atoms with Gasteiger partial charge in [-0.3, -0.25) is 0 Å². The zero-order chi connectivity index (χ0) is 23.4. The van der Waals surface area contributed by atoms with Crippen molar-refractivity contribution in [3.63, 3.8) is 0 Å². The summed E-state index contributed by atoms with van der Waals surface area (Å²) in [6, 6.07) is 14.1. The van der Waals surface area contributed by atoms with Crippen LogP contribution in [0, 0.1) is 5.82 Å². The van der Waals surface area contributed by atoms with Gasteiger partial charge >= 0.3 is 0 Å². The molecule has 0 saturated heterocycles. The van der Waals surface area contributed by atoms with Crippen molar-refractivity contribution in [1.82, 2.24) is 20.4 Å². The van der Waals surface area contributed by atoms with Crippen molar-refractivity contribution in [2.24, 2.45) is 0 Å². The summed E-state index contributed by atoms with van der Waals surface area (Å²) < 4.78 is 25.0. The lowest BCUT2D eigenvalue weighted by molar-refractivity contribution is 0.188. The fourth-order valence-corrected chi connectivity index (χ4v) is 4.32. The highest BCUT2D eigenvalue weighted by Gasteiger charge is 2.34. The molecular formula is C25H27FN4O2S. The molecule has 1 aliphatic heterocycles. The number of halogens is 1. The molecule has 33 heavy (non-hydrogen) atoms. The van der Waals surface area contributed by atoms with E-state index in [9.17, 15) is 4.39 Å². The quantitative estimate of drug-likeness (QED) is 0.364. The largest absolute Gasteiger partial charge is 0.385 e. The third-order valence-corrected chi connectivity index (χ3v) is 6.12. The number of hydrogen-bond donors (Lipinski definition) is 1. The minimum Gasteiger partial charge on any atom is -0.385 e. The van der Waals surface area contributed by atoms with Crippen molar-refractivity contribution in [1.29, 1.82) is 0 Å². The lowest BCUT2D eigenvalue weighted by Crippen LogP contribution is -2.46. The van der Waals surface area contributed by atoms with Crippen LogP contribution in [-0.4, -0.2) is 40.4 Å². The Hall–Kier alpha value is -3.10. The van der Waals surface area contributed by atoms with Crippen molar-refractivity contribution in [3.05, 3.63) is 77.1 Å². The topological polar surface area (TPSA) is 63.4 Å². The molecule has 0 fully saturated rings. The summed E-state index contributed by atoms with van der Waals surface area (Å²) in [5.74, 6) is 0.565. The van der Waals surface area contributed by atoms with E-state index in [1.807, 2.05) is 30.0 Å². The molecule has 0 saturated carbocycles. The fraction of sp³-hybridized carbons (Fsp3) is 0.320. The standard InChI is InChI=1S/C25H27FN4O2S/c1-4-17-9-11-18(12-10-17)23-28-24(32-29-23)21-16(2)30(13-6-14-31-3)25(33)27-22(21)19-7-5-8-20(26)15-19/h5,7-12,15,22H,4,6,13-14H2,1-3H3,(H,27,33). The molecule has 1 aromatic heterocycles. The molecule has 1 aliphatic rings. The van der Waals surface area contributed by atoms with Crippen molar-refractivity contribution < 1.29 is 13.7 Å². The summed E-state index contributed by atoms with van der Waals surface area (Å²) in [4.78, 5) is 6.70. The molecule has 1 unspecified atom stereocenters. The van der Waals surface area contributed by atoms with Crippen LogP contribution in [-0.2, 0) is 11.2 Å². The molecule has 1 N–H and O–H groups in total. The number of aryl methyl sites for hydroxylation is 1. The van der Waals surface area contributed by atoms with Crippen LogP contribution in [0.1, 0.15) is 43.3 Å². The molecule has 0 radical (unpaired) electrons. The molecular weight excluding hydrogens is 439 g/mol. The summed E-state index contributed by atoms with van der Waals surface area (Å²) in [5.41, 5.74) is 4.51. The van der Waals surface area contributed by atoms with E-state index in [-0.39, 0.29) is 5.82 Å². The first-order chi connectivity index (χ1) is 16.0. The summed E-state index contributed by atoms with van der Waals surface area (Å²) in [5, 5.41) is 8.13. The van der Waals surface area contributed by atoms with E-state index in [0.29, 0.717) is 30.0 Å². The summed E-state index contributed by atoms with van der Waals surface area (Å²) >= 11 is 5.65. The maximum Gasteiger partial charge on any atom is 0.258 e. The molecule has 2 aromatic carbocycles. The van der Waals surface area contributed by atoms with Gasteiger partial charge in [-0.15, -0.1) is 0 Å². The van der Waals surface area contributed by atoms with Crippen LogP contribution in [0.15, 0.2) is 58.8 Å². The molecule has 6 nitrogen and oxygen atoms in total. The number of thiocarbonyl (C=S) groups is 1. The molecule has 4 rings (SSSR count). The molecule has 0 amide bonds. The van der Waals surface area contributed by atoms with Crippen LogP contribution in [0.4, 0.5) is 4.39 Å². The number of rotatable bonds is 8. The maximum absolute atomic E-state index is 14.1. The van der Waals surface area contributed by atoms with Crippen LogP contribution in [0.25, 0.3) is 17.0 Å². The van der Waals surface area contributed by atoms with Crippen LogP contribution < -0.4 is 5.32 Å². The monoisotopic (exact) mass is 466 g/mol. The number of nitrogens with zero attached hydrogens (tertiary/aromatic N) is 3. The van der Waals surface area contributed by atoms with Crippen molar-refractivity contribution in [2.75, 3.05) is 20.3 Å². The minimum atomic E-state index is -0.414. The van der Waals surface area contributed by atoms with Crippen molar-refractivity contribution >= 4 is 22.9 Å². The van der Waals surface area contributed by atoms with Gasteiger partial charge in [0.15, 0.2) is 5.11 Å². The van der Waals surface area contributed by atoms with Crippen molar-refractivity contribution in [2.45, 2.75) is 32.7 Å². The lowest BCUT2D eigenvalue weighted by Gasteiger charge is -2.37. The van der Waals surface area contributed by atoms with E-state index in [0.717, 1.165) is 35.2 Å². The van der Waals surface area contributed by atoms with Gasteiger partial charge in [-0.25, -0.2) is 4.39 Å². The summed E-state index contributed by atoms with van der Waals surface area (Å²) in [6.45, 7) is 5.38. The van der Waals surface area contributed by atoms with E-state index < -0.39 is 6.04 Å². The van der Waals surface area contributed by atoms with Gasteiger partial charge in [-0.2, -0.15) is 4.98 Å². The molecule has 3 aromatic rings. The van der Waals surface area contributed by atoms with Crippen molar-refractivity contribution in [3.8, 4) is 11.4 Å². The molecule has 172 valence electrons. The Kier molecular flexibility index (Phi) is 7.15. The molecule has 0 spiro atoms. The van der Waals surface area contributed by atoms with E-state index in [2.05, 4.69) is 29.5 Å². The third-order valence-electron chi connectivity index (χ3n) is 5.79. The van der Waals surface area contributed by atoms with Gasteiger partial charge in [-0.05, 0) is 55.2 Å². The van der Waals surface area contributed by atoms with E-state index >= 15 is 0 Å². The minimum absolute atomic E-state index is 0.318. The van der Waals surface area contributed by atoms with Gasteiger partial charge in [0, 0.05) is 31.5 Å². The fourth-order valence-electron chi connectivity index (χ4n) is 3.97. The predicted octanol–water partition coefficient (Wildman–Crippen LogP) is 5.14. The predicted molar refractivity (Wildman–Crippen MR) is 130 cm³/mol. The maximum atomic E-state index is 14.1. The Morgan fingerprint density at radius 2 is 2.00 bits per heavy atom. The average molecular weight is 467 g/mol. The Balaban J connectivity index is 1.75. The number of methoxy groups -OCH3 is 1. The van der Waals surface area contributed by atoms with E-state index in [1.54, 1.807) is 13.2 Å². The average Bonchev–Trinajstić information content (AvgIpc) is 3.30. The van der Waals surface area contributed by atoms with Gasteiger partial charge in [0.1, 0.15) is 5.82 Å². The molecule has 8 heteroatoms. The number of hydrogen-bond acceptors (Lipinski definition) is 5. The number of aromatic nitrogens is 2. The van der Waals surface area contributed by atoms with E-state index in [4.69, 9.17) is 26.5 Å². The number of benzene rings is 2. The van der Waals surface area contributed by atoms with Gasteiger partial charge in [-0.1, -0.05) is 48.5 Å². The summed E-state index contributed by atoms with van der Waals surface area (Å²) in [7, 11) is 1.67. The first-order valence-electron chi connectivity index (χ1n) is 11.0. The van der Waals surface area contributed by atoms with E-state index in [1.165, 1.54) is 17.7 Å². The van der Waals surface area contributed by atoms with Crippen LogP contribution in [0.5, 0.6) is 0 Å². The Labute approximate surface area is 198 Å². The summed E-state index contributed by atoms with van der Waals surface area (Å²) in [6.07, 6.45) is 1.76. The highest BCUT2D eigenvalue weighted by molar-refractivity contribution is 7.80. The highest BCUT2D eigenvalue weighted by Crippen LogP contribution is 2.37. The second-order valence-electron chi connectivity index (χ2n) is 7.91. The first kappa shape index (κ1) is 23.1. The second-order valence-corrected chi connectivity index (χ2v) is 8.29. The first-order valence-corrected chi connectivity index (χ1v) is 11.4. The lowest BCUT2D eigenvalue weighted by atomic mass is 9.94. The zero-order valence-electron chi connectivity index (χ0n) is 19.0. The Morgan fingerprint density at radius 3 is 2.70 bits per heavy atom. The number of nitrogens with one attached hydrogen (secondary N) is 1. The Morgan fingerprint density at radius 1 is 1.21 bits per heavy atom. The van der Waals surface area contributed by atoms with Gasteiger partial charge in [0.05, 0.1) is 11.6 Å². The third kappa shape index (κ3) is 4.96. The second kappa shape index (κ2) is 10.2. The van der Waals surface area contributed by atoms with Crippen LogP contribution in [0.3, 0.4) is 0 Å². The smallest absolute Gasteiger partial charge is 0.258 e.